The van der Waals surface area contributed by atoms with Crippen LogP contribution in [0.1, 0.15) is 87.3 Å². The van der Waals surface area contributed by atoms with Crippen molar-refractivity contribution < 1.29 is 18.8 Å². The second-order valence-corrected chi connectivity index (χ2v) is 11.5. The van der Waals surface area contributed by atoms with Crippen molar-refractivity contribution in [2.75, 3.05) is 33.3 Å². The van der Waals surface area contributed by atoms with Crippen molar-refractivity contribution in [3.05, 3.63) is 52.3 Å². The van der Waals surface area contributed by atoms with E-state index in [1.165, 1.54) is 6.20 Å². The minimum absolute atomic E-state index is 0.0312. The number of nitrogens with zero attached hydrogens (tertiary/aromatic N) is 4. The average Bonchev–Trinajstić information content (AvgIpc) is 3.13. The van der Waals surface area contributed by atoms with Crippen LogP contribution in [0.5, 0.6) is 5.75 Å². The van der Waals surface area contributed by atoms with Gasteiger partial charge in [0.1, 0.15) is 17.4 Å². The molecule has 1 saturated heterocycles. The standard InChI is InChI=1S/C30H41BN4O4/c1-9-34(8)13-11-21-15-24-23(25(16-21)31-38-29(4,5)30(6,7)39-31)12-14-35(28(24)36)20(3)26-17-27(37-10-2)22(18-32)19-33-26/h15-17,19-20H,9-14H2,1-8H3. The van der Waals surface area contributed by atoms with Crippen LogP contribution in [0.25, 0.3) is 0 Å². The molecule has 2 aliphatic heterocycles. The molecule has 8 nitrogen and oxygen atoms in total. The summed E-state index contributed by atoms with van der Waals surface area (Å²) in [5.74, 6) is 0.461. The summed E-state index contributed by atoms with van der Waals surface area (Å²) in [6, 6.07) is 7.85. The predicted octanol–water partition coefficient (Wildman–Crippen LogP) is 3.90. The zero-order valence-corrected chi connectivity index (χ0v) is 24.6. The number of aromatic nitrogens is 1. The zero-order valence-electron chi connectivity index (χ0n) is 24.6. The van der Waals surface area contributed by atoms with Gasteiger partial charge >= 0.3 is 7.12 Å². The lowest BCUT2D eigenvalue weighted by molar-refractivity contribution is 0.00578. The van der Waals surface area contributed by atoms with Crippen LogP contribution < -0.4 is 10.2 Å². The van der Waals surface area contributed by atoms with Gasteiger partial charge in [0.25, 0.3) is 5.91 Å². The van der Waals surface area contributed by atoms with Crippen LogP contribution in [-0.2, 0) is 22.2 Å². The van der Waals surface area contributed by atoms with Gasteiger partial charge in [-0.1, -0.05) is 13.0 Å². The maximum absolute atomic E-state index is 14.1. The van der Waals surface area contributed by atoms with Gasteiger partial charge < -0.3 is 23.8 Å². The molecule has 39 heavy (non-hydrogen) atoms. The molecule has 1 amide bonds. The van der Waals surface area contributed by atoms with Gasteiger partial charge in [0.2, 0.25) is 0 Å². The van der Waals surface area contributed by atoms with E-state index in [1.807, 2.05) is 24.8 Å². The molecule has 0 bridgehead atoms. The molecule has 2 aromatic rings. The van der Waals surface area contributed by atoms with Crippen LogP contribution in [-0.4, -0.2) is 72.3 Å². The molecule has 1 fully saturated rings. The Balaban J connectivity index is 1.71. The van der Waals surface area contributed by atoms with Crippen molar-refractivity contribution >= 4 is 18.5 Å². The molecule has 4 rings (SSSR count). The van der Waals surface area contributed by atoms with Gasteiger partial charge in [0.05, 0.1) is 29.5 Å². The smallest absolute Gasteiger partial charge is 0.492 e. The van der Waals surface area contributed by atoms with Crippen molar-refractivity contribution in [1.82, 2.24) is 14.8 Å². The molecule has 0 radical (unpaired) electrons. The van der Waals surface area contributed by atoms with Crippen LogP contribution in [0.3, 0.4) is 0 Å². The molecule has 1 atom stereocenters. The summed E-state index contributed by atoms with van der Waals surface area (Å²) in [4.78, 5) is 22.7. The zero-order chi connectivity index (χ0) is 28.5. The Hall–Kier alpha value is -2.93. The number of hydrogen-bond donors (Lipinski definition) is 0. The van der Waals surface area contributed by atoms with E-state index >= 15 is 0 Å². The predicted molar refractivity (Wildman–Crippen MR) is 152 cm³/mol. The molecule has 1 aromatic heterocycles. The third kappa shape index (κ3) is 5.70. The van der Waals surface area contributed by atoms with Gasteiger partial charge in [-0.3, -0.25) is 9.78 Å². The Bertz CT molecular complexity index is 1260. The maximum atomic E-state index is 14.1. The minimum atomic E-state index is -0.529. The third-order valence-corrected chi connectivity index (χ3v) is 8.47. The van der Waals surface area contributed by atoms with Crippen molar-refractivity contribution in [3.8, 4) is 11.8 Å². The monoisotopic (exact) mass is 532 g/mol. The summed E-state index contributed by atoms with van der Waals surface area (Å²) in [7, 11) is 1.57. The number of nitriles is 1. The van der Waals surface area contributed by atoms with E-state index in [4.69, 9.17) is 14.0 Å². The van der Waals surface area contributed by atoms with Crippen LogP contribution in [0, 0.1) is 11.3 Å². The van der Waals surface area contributed by atoms with E-state index in [-0.39, 0.29) is 11.9 Å². The van der Waals surface area contributed by atoms with Crippen molar-refractivity contribution in [3.63, 3.8) is 0 Å². The first-order valence-electron chi connectivity index (χ1n) is 14.0. The highest BCUT2D eigenvalue weighted by Gasteiger charge is 2.52. The van der Waals surface area contributed by atoms with E-state index in [2.05, 4.69) is 63.7 Å². The normalized spacial score (nSPS) is 18.7. The van der Waals surface area contributed by atoms with E-state index < -0.39 is 18.3 Å². The first-order valence-corrected chi connectivity index (χ1v) is 14.0. The van der Waals surface area contributed by atoms with Gasteiger partial charge in [0, 0.05) is 30.9 Å². The topological polar surface area (TPSA) is 87.9 Å². The molecule has 1 aromatic carbocycles. The van der Waals surface area contributed by atoms with E-state index in [9.17, 15) is 10.1 Å². The lowest BCUT2D eigenvalue weighted by Gasteiger charge is -2.35. The lowest BCUT2D eigenvalue weighted by Crippen LogP contribution is -2.45. The molecular weight excluding hydrogens is 491 g/mol. The second kappa shape index (κ2) is 11.3. The number of rotatable bonds is 9. The molecule has 2 aliphatic rings. The molecule has 3 heterocycles. The number of likely N-dealkylation sites (N-methyl/N-ethyl adjacent to an activating group) is 1. The molecule has 0 aliphatic carbocycles. The molecule has 0 saturated carbocycles. The first-order chi connectivity index (χ1) is 18.4. The van der Waals surface area contributed by atoms with Crippen LogP contribution in [0.2, 0.25) is 0 Å². The summed E-state index contributed by atoms with van der Waals surface area (Å²) in [6.07, 6.45) is 3.04. The summed E-state index contributed by atoms with van der Waals surface area (Å²) in [5, 5.41) is 9.42. The van der Waals surface area contributed by atoms with E-state index in [0.717, 1.165) is 36.1 Å². The number of benzene rings is 1. The fraction of sp³-hybridized carbons (Fsp3) is 0.567. The van der Waals surface area contributed by atoms with Crippen LogP contribution in [0.15, 0.2) is 24.4 Å². The highest BCUT2D eigenvalue weighted by atomic mass is 16.7. The largest absolute Gasteiger partial charge is 0.495 e. The highest BCUT2D eigenvalue weighted by molar-refractivity contribution is 6.63. The van der Waals surface area contributed by atoms with Crippen molar-refractivity contribution in [2.45, 2.75) is 78.6 Å². The average molecular weight is 532 g/mol. The number of fused-ring (bicyclic) bond motifs is 1. The van der Waals surface area contributed by atoms with Gasteiger partial charge in [0.15, 0.2) is 0 Å². The van der Waals surface area contributed by atoms with E-state index in [1.54, 1.807) is 6.07 Å². The number of pyridine rings is 1. The molecule has 0 spiro atoms. The lowest BCUT2D eigenvalue weighted by atomic mass is 9.72. The summed E-state index contributed by atoms with van der Waals surface area (Å²) < 4.78 is 18.6. The Morgan fingerprint density at radius 3 is 2.51 bits per heavy atom. The number of carbonyl (C=O) groups excluding carboxylic acids is 1. The number of amides is 1. The Morgan fingerprint density at radius 2 is 1.90 bits per heavy atom. The Labute approximate surface area is 233 Å². The van der Waals surface area contributed by atoms with Gasteiger partial charge in [-0.05, 0) is 90.6 Å². The fourth-order valence-electron chi connectivity index (χ4n) is 5.09. The Kier molecular flexibility index (Phi) is 8.41. The van der Waals surface area contributed by atoms with Gasteiger partial charge in [-0.15, -0.1) is 0 Å². The molecular formula is C30H41BN4O4. The van der Waals surface area contributed by atoms with Crippen LogP contribution >= 0.6 is 0 Å². The van der Waals surface area contributed by atoms with Gasteiger partial charge in [-0.2, -0.15) is 5.26 Å². The summed E-state index contributed by atoms with van der Waals surface area (Å²) >= 11 is 0. The van der Waals surface area contributed by atoms with Crippen molar-refractivity contribution in [2.24, 2.45) is 0 Å². The SMILES string of the molecule is CCOc1cc(C(C)N2CCc3c(B4OC(C)(C)C(C)(C)O4)cc(CCN(C)CC)cc3C2=O)ncc1C#N. The van der Waals surface area contributed by atoms with E-state index in [0.29, 0.717) is 42.1 Å². The molecule has 0 N–H and O–H groups in total. The third-order valence-electron chi connectivity index (χ3n) is 8.47. The first kappa shape index (κ1) is 29.1. The number of hydrogen-bond acceptors (Lipinski definition) is 7. The molecule has 9 heteroatoms. The Morgan fingerprint density at radius 1 is 1.21 bits per heavy atom. The highest BCUT2D eigenvalue weighted by Crippen LogP contribution is 2.38. The second-order valence-electron chi connectivity index (χ2n) is 11.5. The van der Waals surface area contributed by atoms with Crippen LogP contribution in [0.4, 0.5) is 0 Å². The van der Waals surface area contributed by atoms with Gasteiger partial charge in [-0.25, -0.2) is 0 Å². The minimum Gasteiger partial charge on any atom is -0.492 e. The van der Waals surface area contributed by atoms with Crippen molar-refractivity contribution in [1.29, 1.82) is 5.26 Å². The fourth-order valence-corrected chi connectivity index (χ4v) is 5.09. The molecule has 208 valence electrons. The quantitative estimate of drug-likeness (QED) is 0.453. The summed E-state index contributed by atoms with van der Waals surface area (Å²) in [6.45, 7) is 17.0. The summed E-state index contributed by atoms with van der Waals surface area (Å²) in [5.41, 5.74) is 3.89. The maximum Gasteiger partial charge on any atom is 0.495 e. The number of carbonyl (C=O) groups is 1. The molecule has 1 unspecified atom stereocenters. The number of ether oxygens (including phenoxy) is 1.